The third-order valence-electron chi connectivity index (χ3n) is 2.45. The van der Waals surface area contributed by atoms with Crippen molar-refractivity contribution in [1.29, 1.82) is 0 Å². The Morgan fingerprint density at radius 1 is 1.38 bits per heavy atom. The highest BCUT2D eigenvalue weighted by Gasteiger charge is 2.52. The second-order valence-electron chi connectivity index (χ2n) is 2.80. The van der Waals surface area contributed by atoms with E-state index >= 15 is 0 Å². The van der Waals surface area contributed by atoms with Crippen LogP contribution in [0.25, 0.3) is 0 Å². The Bertz CT molecular complexity index is 87.9. The Balaban J connectivity index is 1.94. The maximum atomic E-state index is 11.9. The average molecular weight is 115 g/mol. The van der Waals surface area contributed by atoms with Crippen LogP contribution in [0.5, 0.6) is 0 Å². The highest BCUT2D eigenvalue weighted by atomic mass is 19.1. The standard InChI is InChI=1S/C6H10FN/c7-1-4-5-2-8-3-6(4)5/h4-6,8H,1-3H2. The van der Waals surface area contributed by atoms with Crippen molar-refractivity contribution in [2.75, 3.05) is 19.8 Å². The first-order chi connectivity index (χ1) is 3.93. The lowest BCUT2D eigenvalue weighted by atomic mass is 10.3. The van der Waals surface area contributed by atoms with E-state index in [1.54, 1.807) is 0 Å². The molecule has 46 valence electrons. The summed E-state index contributed by atoms with van der Waals surface area (Å²) in [5.74, 6) is 1.86. The molecule has 0 aromatic rings. The van der Waals surface area contributed by atoms with Gasteiger partial charge in [0, 0.05) is 0 Å². The summed E-state index contributed by atoms with van der Waals surface area (Å²) in [5.41, 5.74) is 0. The molecule has 2 rings (SSSR count). The Kier molecular flexibility index (Phi) is 0.852. The first-order valence-corrected chi connectivity index (χ1v) is 3.20. The van der Waals surface area contributed by atoms with E-state index in [-0.39, 0.29) is 6.67 Å². The van der Waals surface area contributed by atoms with Gasteiger partial charge in [-0.25, -0.2) is 0 Å². The zero-order valence-corrected chi connectivity index (χ0v) is 4.73. The first kappa shape index (κ1) is 4.74. The predicted molar refractivity (Wildman–Crippen MR) is 29.3 cm³/mol. The monoisotopic (exact) mass is 115 g/mol. The Morgan fingerprint density at radius 3 is 2.38 bits per heavy atom. The quantitative estimate of drug-likeness (QED) is 0.522. The molecule has 1 aliphatic carbocycles. The summed E-state index contributed by atoms with van der Waals surface area (Å²) in [5, 5.41) is 3.22. The van der Waals surface area contributed by atoms with Crippen molar-refractivity contribution < 1.29 is 4.39 Å². The molecule has 1 saturated carbocycles. The van der Waals surface area contributed by atoms with Crippen molar-refractivity contribution in [3.63, 3.8) is 0 Å². The van der Waals surface area contributed by atoms with E-state index in [0.29, 0.717) is 17.8 Å². The van der Waals surface area contributed by atoms with Gasteiger partial charge in [-0.2, -0.15) is 0 Å². The number of rotatable bonds is 1. The Hall–Kier alpha value is -0.110. The van der Waals surface area contributed by atoms with Crippen LogP contribution in [0.3, 0.4) is 0 Å². The van der Waals surface area contributed by atoms with Gasteiger partial charge in [-0.1, -0.05) is 0 Å². The minimum absolute atomic E-state index is 0.0863. The summed E-state index contributed by atoms with van der Waals surface area (Å²) in [6.45, 7) is 2.05. The molecular weight excluding hydrogens is 105 g/mol. The molecule has 0 aromatic carbocycles. The van der Waals surface area contributed by atoms with Gasteiger partial charge in [-0.05, 0) is 30.8 Å². The number of hydrogen-bond donors (Lipinski definition) is 1. The summed E-state index contributed by atoms with van der Waals surface area (Å²) in [4.78, 5) is 0. The summed E-state index contributed by atoms with van der Waals surface area (Å²) in [6, 6.07) is 0. The molecule has 8 heavy (non-hydrogen) atoms. The topological polar surface area (TPSA) is 12.0 Å². The van der Waals surface area contributed by atoms with Gasteiger partial charge in [0.15, 0.2) is 0 Å². The van der Waals surface area contributed by atoms with E-state index in [9.17, 15) is 4.39 Å². The van der Waals surface area contributed by atoms with Gasteiger partial charge >= 0.3 is 0 Å². The van der Waals surface area contributed by atoms with E-state index in [1.807, 2.05) is 0 Å². The molecule has 2 aliphatic rings. The highest BCUT2D eigenvalue weighted by molar-refractivity contribution is 5.03. The molecule has 0 amide bonds. The number of fused-ring (bicyclic) bond motifs is 1. The van der Waals surface area contributed by atoms with Gasteiger partial charge in [0.25, 0.3) is 0 Å². The lowest BCUT2D eigenvalue weighted by molar-refractivity contribution is 0.413. The molecular formula is C6H10FN. The number of halogens is 1. The van der Waals surface area contributed by atoms with Crippen LogP contribution in [0.4, 0.5) is 4.39 Å². The third-order valence-corrected chi connectivity index (χ3v) is 2.45. The zero-order valence-electron chi connectivity index (χ0n) is 4.73. The number of piperidine rings is 1. The van der Waals surface area contributed by atoms with Crippen LogP contribution in [0.2, 0.25) is 0 Å². The van der Waals surface area contributed by atoms with Gasteiger partial charge in [-0.3, -0.25) is 4.39 Å². The molecule has 1 saturated heterocycles. The van der Waals surface area contributed by atoms with Crippen molar-refractivity contribution in [3.8, 4) is 0 Å². The maximum Gasteiger partial charge on any atom is 0.0929 e. The number of alkyl halides is 1. The van der Waals surface area contributed by atoms with Crippen LogP contribution in [0.15, 0.2) is 0 Å². The SMILES string of the molecule is FCC1C2CNCC12. The van der Waals surface area contributed by atoms with Crippen LogP contribution >= 0.6 is 0 Å². The van der Waals surface area contributed by atoms with E-state index in [4.69, 9.17) is 0 Å². The maximum absolute atomic E-state index is 11.9. The van der Waals surface area contributed by atoms with Gasteiger partial charge in [-0.15, -0.1) is 0 Å². The van der Waals surface area contributed by atoms with Gasteiger partial charge < -0.3 is 5.32 Å². The van der Waals surface area contributed by atoms with E-state index in [2.05, 4.69) is 5.32 Å². The lowest BCUT2D eigenvalue weighted by Crippen LogP contribution is -2.15. The molecule has 1 aliphatic heterocycles. The van der Waals surface area contributed by atoms with Crippen molar-refractivity contribution >= 4 is 0 Å². The minimum atomic E-state index is -0.0863. The fourth-order valence-corrected chi connectivity index (χ4v) is 1.78. The molecule has 1 N–H and O–H groups in total. The van der Waals surface area contributed by atoms with Crippen molar-refractivity contribution in [2.24, 2.45) is 17.8 Å². The lowest BCUT2D eigenvalue weighted by Gasteiger charge is -1.96. The van der Waals surface area contributed by atoms with Crippen LogP contribution in [-0.4, -0.2) is 19.8 Å². The molecule has 0 radical (unpaired) electrons. The fraction of sp³-hybridized carbons (Fsp3) is 1.00. The average Bonchev–Trinajstić information content (AvgIpc) is 2.22. The van der Waals surface area contributed by atoms with E-state index in [1.165, 1.54) is 0 Å². The molecule has 2 atom stereocenters. The van der Waals surface area contributed by atoms with Crippen LogP contribution in [-0.2, 0) is 0 Å². The van der Waals surface area contributed by atoms with Crippen molar-refractivity contribution in [3.05, 3.63) is 0 Å². The van der Waals surface area contributed by atoms with Crippen LogP contribution < -0.4 is 5.32 Å². The summed E-state index contributed by atoms with van der Waals surface area (Å²) >= 11 is 0. The second-order valence-corrected chi connectivity index (χ2v) is 2.80. The molecule has 2 fully saturated rings. The molecule has 0 aromatic heterocycles. The van der Waals surface area contributed by atoms with Gasteiger partial charge in [0.05, 0.1) is 6.67 Å². The molecule has 1 nitrogen and oxygen atoms in total. The molecule has 2 unspecified atom stereocenters. The number of nitrogens with one attached hydrogen (secondary N) is 1. The zero-order chi connectivity index (χ0) is 5.56. The van der Waals surface area contributed by atoms with E-state index < -0.39 is 0 Å². The van der Waals surface area contributed by atoms with Gasteiger partial charge in [0.2, 0.25) is 0 Å². The van der Waals surface area contributed by atoms with Crippen LogP contribution in [0, 0.1) is 17.8 Å². The molecule has 1 heterocycles. The third kappa shape index (κ3) is 0.440. The smallest absolute Gasteiger partial charge is 0.0929 e. The molecule has 2 heteroatoms. The highest BCUT2D eigenvalue weighted by Crippen LogP contribution is 2.48. The van der Waals surface area contributed by atoms with Crippen LogP contribution in [0.1, 0.15) is 0 Å². The van der Waals surface area contributed by atoms with E-state index in [0.717, 1.165) is 13.1 Å². The normalized spacial score (nSPS) is 51.4. The number of hydrogen-bond acceptors (Lipinski definition) is 1. The van der Waals surface area contributed by atoms with Crippen molar-refractivity contribution in [2.45, 2.75) is 0 Å². The largest absolute Gasteiger partial charge is 0.316 e. The summed E-state index contributed by atoms with van der Waals surface area (Å²) in [7, 11) is 0. The predicted octanol–water partition coefficient (Wildman–Crippen LogP) is 0.421. The molecule has 0 spiro atoms. The second kappa shape index (κ2) is 1.44. The summed E-state index contributed by atoms with van der Waals surface area (Å²) in [6.07, 6.45) is 0. The van der Waals surface area contributed by atoms with Gasteiger partial charge in [0.1, 0.15) is 0 Å². The minimum Gasteiger partial charge on any atom is -0.316 e. The van der Waals surface area contributed by atoms with Crippen molar-refractivity contribution in [1.82, 2.24) is 5.32 Å². The summed E-state index contributed by atoms with van der Waals surface area (Å²) < 4.78 is 11.9. The first-order valence-electron chi connectivity index (χ1n) is 3.20. The fourth-order valence-electron chi connectivity index (χ4n) is 1.78. The Labute approximate surface area is 48.3 Å². The molecule has 0 bridgehead atoms. The Morgan fingerprint density at radius 2 is 2.00 bits per heavy atom.